The molecule has 0 saturated carbocycles. The molecule has 2 heteroatoms. The second kappa shape index (κ2) is 7.66. The molecule has 0 saturated heterocycles. The van der Waals surface area contributed by atoms with Gasteiger partial charge >= 0.3 is 0 Å². The van der Waals surface area contributed by atoms with Crippen LogP contribution < -0.4 is 11.3 Å². The lowest BCUT2D eigenvalue weighted by atomic mass is 9.77. The Bertz CT molecular complexity index is 375. The van der Waals surface area contributed by atoms with Crippen LogP contribution in [0.15, 0.2) is 24.3 Å². The van der Waals surface area contributed by atoms with Gasteiger partial charge in [-0.3, -0.25) is 11.3 Å². The van der Waals surface area contributed by atoms with Gasteiger partial charge in [0.05, 0.1) is 0 Å². The van der Waals surface area contributed by atoms with Crippen LogP contribution in [0.4, 0.5) is 0 Å². The van der Waals surface area contributed by atoms with Gasteiger partial charge in [0.25, 0.3) is 0 Å². The number of aryl methyl sites for hydroxylation is 1. The highest BCUT2D eigenvalue weighted by Crippen LogP contribution is 2.35. The molecule has 1 aromatic carbocycles. The van der Waals surface area contributed by atoms with Gasteiger partial charge in [-0.05, 0) is 36.8 Å². The number of nitrogens with one attached hydrogen (secondary N) is 1. The van der Waals surface area contributed by atoms with E-state index in [9.17, 15) is 0 Å². The molecule has 0 spiro atoms. The Morgan fingerprint density at radius 2 is 2.11 bits per heavy atom. The minimum Gasteiger partial charge on any atom is -0.271 e. The molecule has 2 unspecified atom stereocenters. The van der Waals surface area contributed by atoms with Crippen molar-refractivity contribution in [1.29, 1.82) is 0 Å². The smallest absolute Gasteiger partial charge is 0.0279 e. The first-order valence-corrected chi connectivity index (χ1v) is 7.90. The molecule has 19 heavy (non-hydrogen) atoms. The van der Waals surface area contributed by atoms with Crippen LogP contribution in [0.1, 0.15) is 68.9 Å². The van der Waals surface area contributed by atoms with Crippen LogP contribution in [0.5, 0.6) is 0 Å². The van der Waals surface area contributed by atoms with Gasteiger partial charge in [0.2, 0.25) is 0 Å². The van der Waals surface area contributed by atoms with Crippen molar-refractivity contribution in [3.8, 4) is 0 Å². The highest BCUT2D eigenvalue weighted by Gasteiger charge is 2.26. The molecular weight excluding hydrogens is 232 g/mol. The predicted octanol–water partition coefficient (Wildman–Crippen LogP) is 3.91. The molecule has 2 atom stereocenters. The monoisotopic (exact) mass is 260 g/mol. The second-order valence-corrected chi connectivity index (χ2v) is 5.82. The fourth-order valence-corrected chi connectivity index (χ4v) is 3.40. The summed E-state index contributed by atoms with van der Waals surface area (Å²) in [4.78, 5) is 0. The number of hydrogen-bond acceptors (Lipinski definition) is 2. The summed E-state index contributed by atoms with van der Waals surface area (Å²) in [6.07, 6.45) is 10.3. The number of fused-ring (bicyclic) bond motifs is 1. The van der Waals surface area contributed by atoms with Gasteiger partial charge in [-0.15, -0.1) is 0 Å². The van der Waals surface area contributed by atoms with E-state index >= 15 is 0 Å². The van der Waals surface area contributed by atoms with Gasteiger partial charge in [-0.1, -0.05) is 56.9 Å². The van der Waals surface area contributed by atoms with E-state index in [1.165, 1.54) is 62.5 Å². The first kappa shape index (κ1) is 14.5. The van der Waals surface area contributed by atoms with Gasteiger partial charge < -0.3 is 0 Å². The van der Waals surface area contributed by atoms with E-state index < -0.39 is 0 Å². The van der Waals surface area contributed by atoms with Crippen molar-refractivity contribution in [2.24, 2.45) is 5.84 Å². The Hall–Kier alpha value is -0.860. The third kappa shape index (κ3) is 3.80. The van der Waals surface area contributed by atoms with Crippen LogP contribution >= 0.6 is 0 Å². The molecule has 0 bridgehead atoms. The third-order valence-corrected chi connectivity index (χ3v) is 4.48. The molecule has 0 aromatic heterocycles. The van der Waals surface area contributed by atoms with Crippen molar-refractivity contribution in [2.75, 3.05) is 0 Å². The summed E-state index contributed by atoms with van der Waals surface area (Å²) in [7, 11) is 0. The van der Waals surface area contributed by atoms with E-state index in [1.807, 2.05) is 0 Å². The molecule has 0 amide bonds. The maximum Gasteiger partial charge on any atom is 0.0279 e. The predicted molar refractivity (Wildman–Crippen MR) is 82.0 cm³/mol. The lowest BCUT2D eigenvalue weighted by Crippen LogP contribution is -2.40. The third-order valence-electron chi connectivity index (χ3n) is 4.48. The van der Waals surface area contributed by atoms with E-state index in [0.717, 1.165) is 0 Å². The summed E-state index contributed by atoms with van der Waals surface area (Å²) in [6.45, 7) is 2.26. The Morgan fingerprint density at radius 3 is 2.89 bits per heavy atom. The van der Waals surface area contributed by atoms with E-state index in [1.54, 1.807) is 0 Å². The minimum atomic E-state index is 0.443. The number of hydrazine groups is 1. The highest BCUT2D eigenvalue weighted by atomic mass is 15.2. The van der Waals surface area contributed by atoms with Crippen molar-refractivity contribution in [1.82, 2.24) is 5.43 Å². The molecule has 1 aliphatic rings. The maximum atomic E-state index is 5.83. The largest absolute Gasteiger partial charge is 0.271 e. The summed E-state index contributed by atoms with van der Waals surface area (Å²) in [6, 6.07) is 9.36. The quantitative estimate of drug-likeness (QED) is 0.443. The summed E-state index contributed by atoms with van der Waals surface area (Å²) in [5.41, 5.74) is 6.16. The SMILES string of the molecule is CCCCCCC(NN)C1CCCc2ccccc21. The van der Waals surface area contributed by atoms with Crippen LogP contribution in [0.25, 0.3) is 0 Å². The Balaban J connectivity index is 1.99. The van der Waals surface area contributed by atoms with Gasteiger partial charge in [-0.2, -0.15) is 0 Å². The van der Waals surface area contributed by atoms with Crippen LogP contribution in [0, 0.1) is 0 Å². The van der Waals surface area contributed by atoms with Gasteiger partial charge in [0.1, 0.15) is 0 Å². The first-order valence-electron chi connectivity index (χ1n) is 7.90. The van der Waals surface area contributed by atoms with Crippen LogP contribution in [-0.4, -0.2) is 6.04 Å². The van der Waals surface area contributed by atoms with Gasteiger partial charge in [0, 0.05) is 12.0 Å². The van der Waals surface area contributed by atoms with E-state index in [4.69, 9.17) is 5.84 Å². The molecule has 0 aliphatic heterocycles. The normalized spacial score (nSPS) is 20.0. The van der Waals surface area contributed by atoms with Crippen LogP contribution in [0.2, 0.25) is 0 Å². The van der Waals surface area contributed by atoms with E-state index in [2.05, 4.69) is 36.6 Å². The zero-order valence-corrected chi connectivity index (χ0v) is 12.2. The van der Waals surface area contributed by atoms with Crippen molar-refractivity contribution in [2.45, 2.75) is 70.3 Å². The molecule has 1 aliphatic carbocycles. The zero-order valence-electron chi connectivity index (χ0n) is 12.2. The lowest BCUT2D eigenvalue weighted by molar-refractivity contribution is 0.366. The molecule has 2 nitrogen and oxygen atoms in total. The van der Waals surface area contributed by atoms with Crippen LogP contribution in [-0.2, 0) is 6.42 Å². The summed E-state index contributed by atoms with van der Waals surface area (Å²) >= 11 is 0. The number of hydrogen-bond donors (Lipinski definition) is 2. The summed E-state index contributed by atoms with van der Waals surface area (Å²) in [5.74, 6) is 6.43. The molecule has 2 rings (SSSR count). The second-order valence-electron chi connectivity index (χ2n) is 5.82. The molecule has 1 aromatic rings. The Labute approximate surface area is 117 Å². The van der Waals surface area contributed by atoms with Crippen molar-refractivity contribution < 1.29 is 0 Å². The molecule has 0 heterocycles. The molecule has 106 valence electrons. The molecular formula is C17H28N2. The van der Waals surface area contributed by atoms with Gasteiger partial charge in [0.15, 0.2) is 0 Å². The topological polar surface area (TPSA) is 38.0 Å². The average Bonchev–Trinajstić information content (AvgIpc) is 2.47. The van der Waals surface area contributed by atoms with Gasteiger partial charge in [-0.25, -0.2) is 0 Å². The summed E-state index contributed by atoms with van der Waals surface area (Å²) < 4.78 is 0. The van der Waals surface area contributed by atoms with Crippen molar-refractivity contribution >= 4 is 0 Å². The first-order chi connectivity index (χ1) is 9.36. The maximum absolute atomic E-state index is 5.83. The summed E-state index contributed by atoms with van der Waals surface area (Å²) in [5, 5.41) is 0. The number of nitrogens with two attached hydrogens (primary N) is 1. The fraction of sp³-hybridized carbons (Fsp3) is 0.647. The number of rotatable bonds is 7. The minimum absolute atomic E-state index is 0.443. The standard InChI is InChI=1S/C17H28N2/c1-2-3-4-5-13-17(19-18)16-12-8-10-14-9-6-7-11-15(14)16/h6-7,9,11,16-17,19H,2-5,8,10,12-13,18H2,1H3. The fourth-order valence-electron chi connectivity index (χ4n) is 3.40. The average molecular weight is 260 g/mol. The highest BCUT2D eigenvalue weighted by molar-refractivity contribution is 5.33. The lowest BCUT2D eigenvalue weighted by Gasteiger charge is -2.32. The van der Waals surface area contributed by atoms with E-state index in [-0.39, 0.29) is 0 Å². The molecule has 0 fully saturated rings. The number of benzene rings is 1. The molecule has 3 N–H and O–H groups in total. The van der Waals surface area contributed by atoms with Crippen molar-refractivity contribution in [3.05, 3.63) is 35.4 Å². The van der Waals surface area contributed by atoms with E-state index in [0.29, 0.717) is 12.0 Å². The Morgan fingerprint density at radius 1 is 1.26 bits per heavy atom. The molecule has 0 radical (unpaired) electrons. The number of unbranched alkanes of at least 4 members (excludes halogenated alkanes) is 3. The Kier molecular flexibility index (Phi) is 5.87. The zero-order chi connectivity index (χ0) is 13.5. The van der Waals surface area contributed by atoms with Crippen molar-refractivity contribution in [3.63, 3.8) is 0 Å². The van der Waals surface area contributed by atoms with Crippen LogP contribution in [0.3, 0.4) is 0 Å².